The van der Waals surface area contributed by atoms with Crippen molar-refractivity contribution in [3.05, 3.63) is 21.9 Å². The first kappa shape index (κ1) is 12.1. The van der Waals surface area contributed by atoms with Gasteiger partial charge in [-0.15, -0.1) is 11.3 Å². The molecule has 4 nitrogen and oxygen atoms in total. The van der Waals surface area contributed by atoms with E-state index in [2.05, 4.69) is 11.4 Å². The standard InChI is InChI=1S/C13H18N2O2S/c14-10-5-9(6-11(10)16)13(17)15-3-1-12-8(7-15)2-4-18-12/h2,4,9-11,16H,1,3,5-7,14H2/t9-,10-,11-/m0/s1. The van der Waals surface area contributed by atoms with Gasteiger partial charge in [0.25, 0.3) is 0 Å². The number of nitrogens with two attached hydrogens (primary N) is 1. The maximum absolute atomic E-state index is 12.4. The van der Waals surface area contributed by atoms with E-state index in [1.54, 1.807) is 11.3 Å². The van der Waals surface area contributed by atoms with Gasteiger partial charge in [-0.3, -0.25) is 4.79 Å². The molecule has 1 fully saturated rings. The van der Waals surface area contributed by atoms with Crippen molar-refractivity contribution >= 4 is 17.2 Å². The van der Waals surface area contributed by atoms with Gasteiger partial charge in [-0.05, 0) is 36.3 Å². The van der Waals surface area contributed by atoms with Crippen molar-refractivity contribution in [2.75, 3.05) is 6.54 Å². The molecule has 2 aliphatic rings. The molecule has 98 valence electrons. The summed E-state index contributed by atoms with van der Waals surface area (Å²) in [6.07, 6.45) is 1.58. The molecule has 3 rings (SSSR count). The Morgan fingerprint density at radius 3 is 3.06 bits per heavy atom. The number of fused-ring (bicyclic) bond motifs is 1. The fraction of sp³-hybridized carbons (Fsp3) is 0.615. The van der Waals surface area contributed by atoms with Gasteiger partial charge >= 0.3 is 0 Å². The Morgan fingerprint density at radius 1 is 1.50 bits per heavy atom. The van der Waals surface area contributed by atoms with Crippen molar-refractivity contribution in [1.82, 2.24) is 4.90 Å². The molecule has 0 saturated heterocycles. The van der Waals surface area contributed by atoms with Gasteiger partial charge in [-0.2, -0.15) is 0 Å². The summed E-state index contributed by atoms with van der Waals surface area (Å²) in [6.45, 7) is 1.52. The van der Waals surface area contributed by atoms with Gasteiger partial charge in [0.1, 0.15) is 0 Å². The Hall–Kier alpha value is -0.910. The Morgan fingerprint density at radius 2 is 2.33 bits per heavy atom. The quantitative estimate of drug-likeness (QED) is 0.787. The van der Waals surface area contributed by atoms with Crippen LogP contribution in [0, 0.1) is 5.92 Å². The molecule has 1 aromatic heterocycles. The predicted molar refractivity (Wildman–Crippen MR) is 70.1 cm³/mol. The van der Waals surface area contributed by atoms with Gasteiger partial charge in [-0.1, -0.05) is 0 Å². The van der Waals surface area contributed by atoms with Crippen molar-refractivity contribution in [2.24, 2.45) is 11.7 Å². The molecular formula is C13H18N2O2S. The molecular weight excluding hydrogens is 248 g/mol. The molecule has 1 aliphatic heterocycles. The molecule has 0 radical (unpaired) electrons. The highest BCUT2D eigenvalue weighted by Crippen LogP contribution is 2.30. The molecule has 1 amide bonds. The molecule has 0 bridgehead atoms. The molecule has 1 aliphatic carbocycles. The first-order valence-corrected chi connectivity index (χ1v) is 7.31. The average Bonchev–Trinajstić information content (AvgIpc) is 2.95. The number of aliphatic hydroxyl groups is 1. The normalized spacial score (nSPS) is 31.4. The summed E-state index contributed by atoms with van der Waals surface area (Å²) in [4.78, 5) is 15.7. The second-order valence-electron chi connectivity index (χ2n) is 5.28. The highest BCUT2D eigenvalue weighted by atomic mass is 32.1. The minimum atomic E-state index is -0.513. The summed E-state index contributed by atoms with van der Waals surface area (Å²) >= 11 is 1.77. The fourth-order valence-corrected chi connectivity index (χ4v) is 3.83. The summed E-state index contributed by atoms with van der Waals surface area (Å²) < 4.78 is 0. The number of nitrogens with zero attached hydrogens (tertiary/aromatic N) is 1. The van der Waals surface area contributed by atoms with Gasteiger partial charge in [0.15, 0.2) is 0 Å². The maximum atomic E-state index is 12.4. The summed E-state index contributed by atoms with van der Waals surface area (Å²) in [6, 6.07) is 1.87. The number of hydrogen-bond acceptors (Lipinski definition) is 4. The van der Waals surface area contributed by atoms with Crippen molar-refractivity contribution < 1.29 is 9.90 Å². The number of carbonyl (C=O) groups excluding carboxylic acids is 1. The molecule has 3 atom stereocenters. The van der Waals surface area contributed by atoms with Crippen LogP contribution >= 0.6 is 11.3 Å². The average molecular weight is 266 g/mol. The van der Waals surface area contributed by atoms with Gasteiger partial charge < -0.3 is 15.7 Å². The topological polar surface area (TPSA) is 66.6 Å². The Bertz CT molecular complexity index is 450. The number of carbonyl (C=O) groups is 1. The summed E-state index contributed by atoms with van der Waals surface area (Å²) in [5, 5.41) is 11.7. The van der Waals surface area contributed by atoms with Gasteiger partial charge in [0.05, 0.1) is 6.10 Å². The van der Waals surface area contributed by atoms with Crippen LogP contribution in [0.25, 0.3) is 0 Å². The van der Waals surface area contributed by atoms with Crippen molar-refractivity contribution in [3.8, 4) is 0 Å². The molecule has 5 heteroatoms. The molecule has 1 aromatic rings. The zero-order valence-electron chi connectivity index (χ0n) is 10.2. The third-order valence-corrected chi connectivity index (χ3v) is 5.07. The van der Waals surface area contributed by atoms with Gasteiger partial charge in [0, 0.05) is 29.9 Å². The maximum Gasteiger partial charge on any atom is 0.226 e. The van der Waals surface area contributed by atoms with E-state index in [1.807, 2.05) is 4.90 Å². The molecule has 0 spiro atoms. The smallest absolute Gasteiger partial charge is 0.226 e. The molecule has 1 saturated carbocycles. The Balaban J connectivity index is 1.68. The Labute approximate surface area is 110 Å². The van der Waals surface area contributed by atoms with E-state index >= 15 is 0 Å². The third-order valence-electron chi connectivity index (χ3n) is 4.05. The monoisotopic (exact) mass is 266 g/mol. The van der Waals surface area contributed by atoms with E-state index in [9.17, 15) is 9.90 Å². The number of aliphatic hydroxyl groups excluding tert-OH is 1. The van der Waals surface area contributed by atoms with Crippen LogP contribution in [0.4, 0.5) is 0 Å². The van der Waals surface area contributed by atoms with Crippen molar-refractivity contribution in [2.45, 2.75) is 38.0 Å². The van der Waals surface area contributed by atoms with Crippen LogP contribution in [0.5, 0.6) is 0 Å². The molecule has 3 N–H and O–H groups in total. The number of amides is 1. The SMILES string of the molecule is N[C@H]1C[C@H](C(=O)N2CCc3sccc3C2)C[C@@H]1O. The van der Waals surface area contributed by atoms with Gasteiger partial charge in [-0.25, -0.2) is 0 Å². The number of thiophene rings is 1. The summed E-state index contributed by atoms with van der Waals surface area (Å²) in [7, 11) is 0. The van der Waals surface area contributed by atoms with Crippen LogP contribution in [0.2, 0.25) is 0 Å². The van der Waals surface area contributed by atoms with E-state index in [1.165, 1.54) is 10.4 Å². The van der Waals surface area contributed by atoms with E-state index in [-0.39, 0.29) is 17.9 Å². The highest BCUT2D eigenvalue weighted by Gasteiger charge is 2.37. The van der Waals surface area contributed by atoms with Crippen LogP contribution in [-0.4, -0.2) is 34.6 Å². The zero-order chi connectivity index (χ0) is 12.7. The van der Waals surface area contributed by atoms with Crippen LogP contribution in [0.15, 0.2) is 11.4 Å². The lowest BCUT2D eigenvalue weighted by Crippen LogP contribution is -2.39. The molecule has 0 aromatic carbocycles. The van der Waals surface area contributed by atoms with Crippen LogP contribution in [-0.2, 0) is 17.8 Å². The lowest BCUT2D eigenvalue weighted by molar-refractivity contribution is -0.136. The second kappa shape index (κ2) is 4.64. The summed E-state index contributed by atoms with van der Waals surface area (Å²) in [5.41, 5.74) is 7.06. The van der Waals surface area contributed by atoms with E-state index < -0.39 is 6.10 Å². The van der Waals surface area contributed by atoms with Crippen molar-refractivity contribution in [3.63, 3.8) is 0 Å². The van der Waals surface area contributed by atoms with Crippen LogP contribution in [0.3, 0.4) is 0 Å². The molecule has 18 heavy (non-hydrogen) atoms. The number of hydrogen-bond donors (Lipinski definition) is 2. The van der Waals surface area contributed by atoms with Gasteiger partial charge in [0.2, 0.25) is 5.91 Å². The molecule has 2 heterocycles. The zero-order valence-corrected chi connectivity index (χ0v) is 11.0. The van der Waals surface area contributed by atoms with Crippen LogP contribution < -0.4 is 5.73 Å². The minimum absolute atomic E-state index is 0.0878. The first-order valence-electron chi connectivity index (χ1n) is 6.43. The predicted octanol–water partition coefficient (Wildman–Crippen LogP) is 0.731. The number of rotatable bonds is 1. The molecule has 0 unspecified atom stereocenters. The highest BCUT2D eigenvalue weighted by molar-refractivity contribution is 7.10. The second-order valence-corrected chi connectivity index (χ2v) is 6.28. The van der Waals surface area contributed by atoms with Crippen molar-refractivity contribution in [1.29, 1.82) is 0 Å². The third kappa shape index (κ3) is 2.06. The largest absolute Gasteiger partial charge is 0.391 e. The van der Waals surface area contributed by atoms with Crippen LogP contribution in [0.1, 0.15) is 23.3 Å². The Kier molecular flexibility index (Phi) is 3.13. The van der Waals surface area contributed by atoms with E-state index in [4.69, 9.17) is 5.73 Å². The minimum Gasteiger partial charge on any atom is -0.391 e. The van der Waals surface area contributed by atoms with E-state index in [0.717, 1.165) is 19.5 Å². The lowest BCUT2D eigenvalue weighted by Gasteiger charge is -2.29. The summed E-state index contributed by atoms with van der Waals surface area (Å²) in [5.74, 6) is 0.0778. The first-order chi connectivity index (χ1) is 8.65. The lowest BCUT2D eigenvalue weighted by atomic mass is 10.0. The fourth-order valence-electron chi connectivity index (χ4n) is 2.94. The van der Waals surface area contributed by atoms with E-state index in [0.29, 0.717) is 12.8 Å².